The molecule has 0 unspecified atom stereocenters. The molecule has 2 aliphatic rings. The van der Waals surface area contributed by atoms with E-state index in [4.69, 9.17) is 9.72 Å². The predicted octanol–water partition coefficient (Wildman–Crippen LogP) is 4.63. The number of aryl methyl sites for hydroxylation is 1. The first-order valence-corrected chi connectivity index (χ1v) is 12.0. The maximum absolute atomic E-state index is 12.0. The molecule has 2 saturated heterocycles. The zero-order chi connectivity index (χ0) is 24.3. The molecule has 1 spiro atoms. The van der Waals surface area contributed by atoms with Gasteiger partial charge in [-0.25, -0.2) is 4.98 Å². The maximum atomic E-state index is 12.0. The van der Waals surface area contributed by atoms with Gasteiger partial charge in [-0.1, -0.05) is 18.7 Å². The predicted molar refractivity (Wildman–Crippen MR) is 139 cm³/mol. The van der Waals surface area contributed by atoms with E-state index < -0.39 is 0 Å². The Balaban J connectivity index is 1.50. The number of fused-ring (bicyclic) bond motifs is 2. The molecule has 1 N–H and O–H groups in total. The summed E-state index contributed by atoms with van der Waals surface area (Å²) >= 11 is 0. The van der Waals surface area contributed by atoms with E-state index in [1.54, 1.807) is 7.11 Å². The zero-order valence-electron chi connectivity index (χ0n) is 20.4. The lowest BCUT2D eigenvalue weighted by molar-refractivity contribution is -0.136. The van der Waals surface area contributed by atoms with E-state index in [0.717, 1.165) is 77.1 Å². The van der Waals surface area contributed by atoms with Crippen LogP contribution in [0.3, 0.4) is 0 Å². The number of aromatic nitrogens is 3. The molecular weight excluding hydrogens is 438 g/mol. The molecule has 2 aromatic heterocycles. The number of anilines is 1. The third kappa shape index (κ3) is 3.29. The minimum atomic E-state index is 0.0200. The number of ether oxygens (including phenoxy) is 1. The summed E-state index contributed by atoms with van der Waals surface area (Å²) < 4.78 is 5.53. The van der Waals surface area contributed by atoms with Gasteiger partial charge in [-0.3, -0.25) is 9.89 Å². The minimum absolute atomic E-state index is 0.0200. The number of amides is 1. The number of hydrogen-bond acceptors (Lipinski definition) is 5. The van der Waals surface area contributed by atoms with Gasteiger partial charge in [0, 0.05) is 65.1 Å². The number of rotatable bonds is 4. The number of methoxy groups -OCH3 is 1. The van der Waals surface area contributed by atoms with Crippen LogP contribution in [0.1, 0.15) is 17.5 Å². The van der Waals surface area contributed by atoms with Gasteiger partial charge in [-0.05, 0) is 44.0 Å². The van der Waals surface area contributed by atoms with Gasteiger partial charge in [0.1, 0.15) is 11.6 Å². The summed E-state index contributed by atoms with van der Waals surface area (Å²) in [5, 5.41) is 9.73. The fourth-order valence-corrected chi connectivity index (χ4v) is 5.95. The molecule has 7 nitrogen and oxygen atoms in total. The summed E-state index contributed by atoms with van der Waals surface area (Å²) in [5.41, 5.74) is 6.77. The molecule has 0 atom stereocenters. The Kier molecular flexibility index (Phi) is 4.85. The van der Waals surface area contributed by atoms with Crippen LogP contribution in [0.2, 0.25) is 0 Å². The molecule has 2 aliphatic heterocycles. The van der Waals surface area contributed by atoms with E-state index in [0.29, 0.717) is 0 Å². The normalized spacial score (nSPS) is 16.8. The number of aromatic amines is 1. The molecule has 0 saturated carbocycles. The zero-order valence-corrected chi connectivity index (χ0v) is 20.4. The van der Waals surface area contributed by atoms with Crippen LogP contribution in [-0.4, -0.2) is 59.3 Å². The smallest absolute Gasteiger partial charge is 0.245 e. The largest absolute Gasteiger partial charge is 0.497 e. The third-order valence-electron chi connectivity index (χ3n) is 7.76. The van der Waals surface area contributed by atoms with Crippen LogP contribution in [-0.2, 0) is 4.79 Å². The molecule has 2 aromatic carbocycles. The van der Waals surface area contributed by atoms with Gasteiger partial charge in [0.25, 0.3) is 0 Å². The highest BCUT2D eigenvalue weighted by atomic mass is 16.5. The second-order valence-corrected chi connectivity index (χ2v) is 9.98. The van der Waals surface area contributed by atoms with Gasteiger partial charge in [-0.2, -0.15) is 5.10 Å². The van der Waals surface area contributed by atoms with E-state index in [-0.39, 0.29) is 11.3 Å². The molecule has 4 aromatic rings. The van der Waals surface area contributed by atoms with Crippen molar-refractivity contribution in [3.05, 3.63) is 60.3 Å². The van der Waals surface area contributed by atoms with E-state index >= 15 is 0 Å². The highest BCUT2D eigenvalue weighted by molar-refractivity contribution is 6.06. The molecule has 35 heavy (non-hydrogen) atoms. The van der Waals surface area contributed by atoms with Crippen LogP contribution >= 0.6 is 0 Å². The molecule has 0 bridgehead atoms. The molecule has 0 aliphatic carbocycles. The van der Waals surface area contributed by atoms with Gasteiger partial charge < -0.3 is 14.5 Å². The van der Waals surface area contributed by atoms with E-state index in [2.05, 4.69) is 53.7 Å². The SMILES string of the molecule is C=CC(=O)N1CC2(CCN(c3nc4cc(OC)ccc4c(-c4c(C)ccc5cn[nH]c45)c3C)C2)C1. The molecule has 4 heterocycles. The van der Waals surface area contributed by atoms with E-state index in [1.165, 1.54) is 17.2 Å². The molecule has 2 fully saturated rings. The Labute approximate surface area is 204 Å². The van der Waals surface area contributed by atoms with Crippen molar-refractivity contribution in [2.75, 3.05) is 38.2 Å². The first kappa shape index (κ1) is 21.6. The quantitative estimate of drug-likeness (QED) is 0.443. The standard InChI is InChI=1S/C28H29N5O2/c1-5-23(34)33-15-28(16-33)10-11-32(14-28)27-18(3)25(21-9-8-20(35-4)12-22(21)30-27)24-17(2)6-7-19-13-29-31-26(19)24/h5-9,12-13H,1,10-11,14-16H2,2-4H3,(H,29,31). The summed E-state index contributed by atoms with van der Waals surface area (Å²) in [4.78, 5) is 21.5. The number of carbonyl (C=O) groups excluding carboxylic acids is 1. The summed E-state index contributed by atoms with van der Waals surface area (Å²) in [6, 6.07) is 10.4. The Bertz CT molecular complexity index is 1500. The number of carbonyl (C=O) groups is 1. The summed E-state index contributed by atoms with van der Waals surface area (Å²) in [6.07, 6.45) is 4.33. The van der Waals surface area contributed by atoms with Gasteiger partial charge in [0.2, 0.25) is 5.91 Å². The lowest BCUT2D eigenvalue weighted by atomic mass is 9.79. The first-order valence-electron chi connectivity index (χ1n) is 12.0. The van der Waals surface area contributed by atoms with Crippen molar-refractivity contribution in [1.82, 2.24) is 20.1 Å². The van der Waals surface area contributed by atoms with Crippen molar-refractivity contribution in [2.45, 2.75) is 20.3 Å². The average Bonchev–Trinajstić information content (AvgIpc) is 3.50. The Morgan fingerprint density at radius 1 is 1.17 bits per heavy atom. The van der Waals surface area contributed by atoms with Crippen LogP contribution in [0, 0.1) is 19.3 Å². The van der Waals surface area contributed by atoms with Crippen LogP contribution in [0.25, 0.3) is 32.9 Å². The van der Waals surface area contributed by atoms with Crippen molar-refractivity contribution in [3.63, 3.8) is 0 Å². The number of likely N-dealkylation sites (tertiary alicyclic amines) is 1. The monoisotopic (exact) mass is 467 g/mol. The summed E-state index contributed by atoms with van der Waals surface area (Å²) in [6.45, 7) is 11.3. The highest BCUT2D eigenvalue weighted by Gasteiger charge is 2.49. The van der Waals surface area contributed by atoms with E-state index in [9.17, 15) is 4.79 Å². The second kappa shape index (κ2) is 7.83. The van der Waals surface area contributed by atoms with Gasteiger partial charge >= 0.3 is 0 Å². The molecule has 178 valence electrons. The number of nitrogens with one attached hydrogen (secondary N) is 1. The minimum Gasteiger partial charge on any atom is -0.497 e. The van der Waals surface area contributed by atoms with Crippen LogP contribution < -0.4 is 9.64 Å². The van der Waals surface area contributed by atoms with Crippen molar-refractivity contribution >= 4 is 33.5 Å². The number of H-pyrrole nitrogens is 1. The van der Waals surface area contributed by atoms with Crippen molar-refractivity contribution in [2.24, 2.45) is 5.41 Å². The molecule has 7 heteroatoms. The molecule has 1 amide bonds. The first-order chi connectivity index (χ1) is 16.9. The van der Waals surface area contributed by atoms with Crippen molar-refractivity contribution in [3.8, 4) is 16.9 Å². The number of benzene rings is 2. The Hall–Kier alpha value is -3.87. The van der Waals surface area contributed by atoms with Crippen LogP contribution in [0.5, 0.6) is 5.75 Å². The maximum Gasteiger partial charge on any atom is 0.245 e. The third-order valence-corrected chi connectivity index (χ3v) is 7.76. The fourth-order valence-electron chi connectivity index (χ4n) is 5.95. The van der Waals surface area contributed by atoms with Crippen LogP contribution in [0.4, 0.5) is 5.82 Å². The van der Waals surface area contributed by atoms with Crippen molar-refractivity contribution < 1.29 is 9.53 Å². The Morgan fingerprint density at radius 2 is 2.00 bits per heavy atom. The van der Waals surface area contributed by atoms with E-state index in [1.807, 2.05) is 23.2 Å². The van der Waals surface area contributed by atoms with Gasteiger partial charge in [0.15, 0.2) is 0 Å². The topological polar surface area (TPSA) is 74.3 Å². The Morgan fingerprint density at radius 3 is 2.77 bits per heavy atom. The summed E-state index contributed by atoms with van der Waals surface area (Å²) in [7, 11) is 1.68. The number of nitrogens with zero attached hydrogens (tertiary/aromatic N) is 4. The van der Waals surface area contributed by atoms with Gasteiger partial charge in [0.05, 0.1) is 24.3 Å². The second-order valence-electron chi connectivity index (χ2n) is 9.98. The molecule has 0 radical (unpaired) electrons. The van der Waals surface area contributed by atoms with Crippen LogP contribution in [0.15, 0.2) is 49.2 Å². The summed E-state index contributed by atoms with van der Waals surface area (Å²) in [5.74, 6) is 1.81. The molecular formula is C28H29N5O2. The van der Waals surface area contributed by atoms with Gasteiger partial charge in [-0.15, -0.1) is 0 Å². The lowest BCUT2D eigenvalue weighted by Crippen LogP contribution is -2.59. The average molecular weight is 468 g/mol. The fraction of sp³-hybridized carbons (Fsp3) is 0.321. The van der Waals surface area contributed by atoms with Crippen molar-refractivity contribution in [1.29, 1.82) is 0 Å². The number of hydrogen-bond donors (Lipinski definition) is 1. The highest BCUT2D eigenvalue weighted by Crippen LogP contribution is 2.45. The number of pyridine rings is 1. The lowest BCUT2D eigenvalue weighted by Gasteiger charge is -2.47. The molecule has 6 rings (SSSR count).